The molecule has 2 aromatic rings. The van der Waals surface area contributed by atoms with Gasteiger partial charge in [-0.05, 0) is 37.3 Å². The molecule has 0 aliphatic rings. The lowest BCUT2D eigenvalue weighted by molar-refractivity contribution is 0.0963. The van der Waals surface area contributed by atoms with E-state index in [4.69, 9.17) is 11.6 Å². The first-order chi connectivity index (χ1) is 9.10. The first kappa shape index (κ1) is 13.9. The SMILES string of the molecule is CNC(=O)c1ccc(Cl)c(NCc2ccc(C)s2)c1. The molecule has 1 heterocycles. The van der Waals surface area contributed by atoms with Crippen LogP contribution >= 0.6 is 22.9 Å². The van der Waals surface area contributed by atoms with Gasteiger partial charge in [-0.25, -0.2) is 0 Å². The molecular weight excluding hydrogens is 280 g/mol. The van der Waals surface area contributed by atoms with Crippen LogP contribution in [0, 0.1) is 6.92 Å². The van der Waals surface area contributed by atoms with E-state index in [1.54, 1.807) is 36.6 Å². The number of anilines is 1. The van der Waals surface area contributed by atoms with Crippen molar-refractivity contribution in [1.82, 2.24) is 5.32 Å². The molecule has 2 rings (SSSR count). The summed E-state index contributed by atoms with van der Waals surface area (Å²) in [5.41, 5.74) is 1.37. The Balaban J connectivity index is 2.12. The molecule has 0 unspecified atom stereocenters. The van der Waals surface area contributed by atoms with E-state index in [0.29, 0.717) is 17.1 Å². The van der Waals surface area contributed by atoms with Crippen LogP contribution in [0.1, 0.15) is 20.1 Å². The summed E-state index contributed by atoms with van der Waals surface area (Å²) in [5, 5.41) is 6.47. The number of hydrogen-bond donors (Lipinski definition) is 2. The fourth-order valence-corrected chi connectivity index (χ4v) is 2.72. The Hall–Kier alpha value is -1.52. The topological polar surface area (TPSA) is 41.1 Å². The smallest absolute Gasteiger partial charge is 0.251 e. The number of hydrogen-bond acceptors (Lipinski definition) is 3. The first-order valence-corrected chi connectivity index (χ1v) is 7.10. The number of aryl methyl sites for hydroxylation is 1. The Morgan fingerprint density at radius 1 is 1.32 bits per heavy atom. The van der Waals surface area contributed by atoms with Gasteiger partial charge in [-0.3, -0.25) is 4.79 Å². The molecule has 0 bridgehead atoms. The summed E-state index contributed by atoms with van der Waals surface area (Å²) in [7, 11) is 1.61. The molecule has 1 amide bonds. The highest BCUT2D eigenvalue weighted by atomic mass is 35.5. The molecule has 0 saturated carbocycles. The fourth-order valence-electron chi connectivity index (χ4n) is 1.71. The van der Waals surface area contributed by atoms with E-state index < -0.39 is 0 Å². The van der Waals surface area contributed by atoms with Crippen LogP contribution in [0.4, 0.5) is 5.69 Å². The maximum absolute atomic E-state index is 11.6. The molecular formula is C14H15ClN2OS. The van der Waals surface area contributed by atoms with Crippen molar-refractivity contribution < 1.29 is 4.79 Å². The zero-order valence-corrected chi connectivity index (χ0v) is 12.4. The Morgan fingerprint density at radius 2 is 2.11 bits per heavy atom. The van der Waals surface area contributed by atoms with Gasteiger partial charge in [-0.2, -0.15) is 0 Å². The average Bonchev–Trinajstić information content (AvgIpc) is 2.82. The Morgan fingerprint density at radius 3 is 2.74 bits per heavy atom. The van der Waals surface area contributed by atoms with Gasteiger partial charge in [-0.1, -0.05) is 11.6 Å². The van der Waals surface area contributed by atoms with Crippen molar-refractivity contribution in [2.24, 2.45) is 0 Å². The van der Waals surface area contributed by atoms with E-state index in [0.717, 1.165) is 5.69 Å². The molecule has 0 aliphatic heterocycles. The zero-order chi connectivity index (χ0) is 13.8. The van der Waals surface area contributed by atoms with E-state index in [2.05, 4.69) is 29.7 Å². The summed E-state index contributed by atoms with van der Waals surface area (Å²) in [6.45, 7) is 2.78. The Bertz CT molecular complexity index is 595. The molecule has 2 N–H and O–H groups in total. The number of rotatable bonds is 4. The van der Waals surface area contributed by atoms with Crippen LogP contribution in [0.25, 0.3) is 0 Å². The second-order valence-corrected chi connectivity index (χ2v) is 5.92. The summed E-state index contributed by atoms with van der Waals surface area (Å²) >= 11 is 7.87. The van der Waals surface area contributed by atoms with Crippen molar-refractivity contribution in [3.05, 3.63) is 50.7 Å². The molecule has 5 heteroatoms. The Kier molecular flexibility index (Phi) is 4.45. The van der Waals surface area contributed by atoms with Gasteiger partial charge >= 0.3 is 0 Å². The van der Waals surface area contributed by atoms with E-state index in [1.165, 1.54) is 9.75 Å². The normalized spacial score (nSPS) is 10.3. The van der Waals surface area contributed by atoms with E-state index in [9.17, 15) is 4.79 Å². The number of carbonyl (C=O) groups excluding carboxylic acids is 1. The second-order valence-electron chi connectivity index (χ2n) is 4.14. The Labute approximate surface area is 121 Å². The van der Waals surface area contributed by atoms with Crippen LogP contribution in [0.15, 0.2) is 30.3 Å². The van der Waals surface area contributed by atoms with Gasteiger partial charge in [0, 0.05) is 28.9 Å². The highest BCUT2D eigenvalue weighted by molar-refractivity contribution is 7.11. The molecule has 0 atom stereocenters. The number of halogens is 1. The van der Waals surface area contributed by atoms with Gasteiger partial charge in [-0.15, -0.1) is 11.3 Å². The van der Waals surface area contributed by atoms with Crippen molar-refractivity contribution >= 4 is 34.5 Å². The molecule has 1 aromatic carbocycles. The number of thiophene rings is 1. The summed E-state index contributed by atoms with van der Waals surface area (Å²) in [4.78, 5) is 14.1. The lowest BCUT2D eigenvalue weighted by Crippen LogP contribution is -2.17. The molecule has 3 nitrogen and oxygen atoms in total. The van der Waals surface area contributed by atoms with Crippen LogP contribution in [0.2, 0.25) is 5.02 Å². The van der Waals surface area contributed by atoms with Crippen LogP contribution in [-0.4, -0.2) is 13.0 Å². The summed E-state index contributed by atoms with van der Waals surface area (Å²) < 4.78 is 0. The van der Waals surface area contributed by atoms with Gasteiger partial charge in [0.05, 0.1) is 10.7 Å². The van der Waals surface area contributed by atoms with Crippen LogP contribution in [0.3, 0.4) is 0 Å². The lowest BCUT2D eigenvalue weighted by Gasteiger charge is -2.09. The number of amides is 1. The third-order valence-corrected chi connectivity index (χ3v) is 4.03. The third kappa shape index (κ3) is 3.49. The predicted octanol–water partition coefficient (Wildman–Crippen LogP) is 3.68. The van der Waals surface area contributed by atoms with Crippen molar-refractivity contribution in [2.75, 3.05) is 12.4 Å². The van der Waals surface area contributed by atoms with E-state index in [1.807, 2.05) is 0 Å². The highest BCUT2D eigenvalue weighted by Crippen LogP contribution is 2.24. The fraction of sp³-hybridized carbons (Fsp3) is 0.214. The standard InChI is InChI=1S/C14H15ClN2OS/c1-9-3-5-11(19-9)8-17-13-7-10(14(18)16-2)4-6-12(13)15/h3-7,17H,8H2,1-2H3,(H,16,18). The van der Waals surface area contributed by atoms with Gasteiger partial charge in [0.1, 0.15) is 0 Å². The van der Waals surface area contributed by atoms with Crippen LogP contribution in [-0.2, 0) is 6.54 Å². The summed E-state index contributed by atoms with van der Waals surface area (Å²) in [6.07, 6.45) is 0. The number of nitrogens with one attached hydrogen (secondary N) is 2. The largest absolute Gasteiger partial charge is 0.379 e. The molecule has 0 aliphatic carbocycles. The van der Waals surface area contributed by atoms with E-state index >= 15 is 0 Å². The lowest BCUT2D eigenvalue weighted by atomic mass is 10.2. The van der Waals surface area contributed by atoms with Gasteiger partial charge in [0.15, 0.2) is 0 Å². The zero-order valence-electron chi connectivity index (χ0n) is 10.8. The molecule has 0 radical (unpaired) electrons. The molecule has 0 spiro atoms. The van der Waals surface area contributed by atoms with Gasteiger partial charge in [0.2, 0.25) is 0 Å². The molecule has 0 fully saturated rings. The quantitative estimate of drug-likeness (QED) is 0.903. The number of benzene rings is 1. The average molecular weight is 295 g/mol. The minimum atomic E-state index is -0.119. The van der Waals surface area contributed by atoms with Crippen LogP contribution in [0.5, 0.6) is 0 Å². The second kappa shape index (κ2) is 6.08. The highest BCUT2D eigenvalue weighted by Gasteiger charge is 2.07. The summed E-state index contributed by atoms with van der Waals surface area (Å²) in [5.74, 6) is -0.119. The van der Waals surface area contributed by atoms with Crippen LogP contribution < -0.4 is 10.6 Å². The van der Waals surface area contributed by atoms with Crippen molar-refractivity contribution in [3.8, 4) is 0 Å². The molecule has 0 saturated heterocycles. The first-order valence-electron chi connectivity index (χ1n) is 5.91. The molecule has 1 aromatic heterocycles. The maximum Gasteiger partial charge on any atom is 0.251 e. The molecule has 19 heavy (non-hydrogen) atoms. The molecule has 100 valence electrons. The maximum atomic E-state index is 11.6. The van der Waals surface area contributed by atoms with Crippen molar-refractivity contribution in [3.63, 3.8) is 0 Å². The monoisotopic (exact) mass is 294 g/mol. The van der Waals surface area contributed by atoms with Gasteiger partial charge in [0.25, 0.3) is 5.91 Å². The number of carbonyl (C=O) groups is 1. The minimum Gasteiger partial charge on any atom is -0.379 e. The minimum absolute atomic E-state index is 0.119. The summed E-state index contributed by atoms with van der Waals surface area (Å²) in [6, 6.07) is 9.38. The third-order valence-electron chi connectivity index (χ3n) is 2.70. The van der Waals surface area contributed by atoms with Crippen molar-refractivity contribution in [2.45, 2.75) is 13.5 Å². The van der Waals surface area contributed by atoms with Crippen molar-refractivity contribution in [1.29, 1.82) is 0 Å². The predicted molar refractivity (Wildman–Crippen MR) is 81.2 cm³/mol. The van der Waals surface area contributed by atoms with E-state index in [-0.39, 0.29) is 5.91 Å². The van der Waals surface area contributed by atoms with Gasteiger partial charge < -0.3 is 10.6 Å².